The summed E-state index contributed by atoms with van der Waals surface area (Å²) in [4.78, 5) is 0.297. The molecule has 0 spiro atoms. The molecule has 1 aliphatic rings. The Bertz CT molecular complexity index is 719. The molecule has 1 aromatic heterocycles. The highest BCUT2D eigenvalue weighted by molar-refractivity contribution is 7.90. The van der Waals surface area contributed by atoms with E-state index in [1.54, 1.807) is 22.9 Å². The first kappa shape index (κ1) is 12.4. The van der Waals surface area contributed by atoms with Crippen LogP contribution in [0.3, 0.4) is 0 Å². The lowest BCUT2D eigenvalue weighted by atomic mass is 10.1. The molecule has 1 aromatic carbocycles. The second kappa shape index (κ2) is 4.47. The van der Waals surface area contributed by atoms with Crippen molar-refractivity contribution in [3.05, 3.63) is 41.7 Å². The molecule has 0 saturated carbocycles. The number of hydrogen-bond acceptors (Lipinski definition) is 4. The van der Waals surface area contributed by atoms with E-state index >= 15 is 0 Å². The summed E-state index contributed by atoms with van der Waals surface area (Å²) >= 11 is 0. The zero-order valence-corrected chi connectivity index (χ0v) is 11.4. The number of hydrogen-bond donors (Lipinski definition) is 0. The van der Waals surface area contributed by atoms with Gasteiger partial charge >= 0.3 is 0 Å². The van der Waals surface area contributed by atoms with Crippen LogP contribution in [0.2, 0.25) is 0 Å². The van der Waals surface area contributed by atoms with E-state index < -0.39 is 9.84 Å². The molecule has 0 N–H and O–H groups in total. The predicted octanol–water partition coefficient (Wildman–Crippen LogP) is 1.35. The zero-order chi connectivity index (χ0) is 13.5. The number of sulfone groups is 1. The lowest BCUT2D eigenvalue weighted by Crippen LogP contribution is -2.13. The van der Waals surface area contributed by atoms with Crippen LogP contribution in [-0.4, -0.2) is 31.1 Å². The largest absolute Gasteiger partial charge is 0.375 e. The summed E-state index contributed by atoms with van der Waals surface area (Å²) in [5.41, 5.74) is 2.91. The maximum atomic E-state index is 11.6. The molecule has 0 bridgehead atoms. The van der Waals surface area contributed by atoms with Gasteiger partial charge in [-0.25, -0.2) is 13.1 Å². The topological polar surface area (TPSA) is 61.2 Å². The Labute approximate surface area is 111 Å². The van der Waals surface area contributed by atoms with Gasteiger partial charge in [0.1, 0.15) is 0 Å². The number of rotatable bonds is 2. The van der Waals surface area contributed by atoms with Crippen LogP contribution in [0.1, 0.15) is 11.3 Å². The molecular formula is C13H14N2O3S. The Hall–Kier alpha value is -1.66. The summed E-state index contributed by atoms with van der Waals surface area (Å²) in [5, 5.41) is 4.33. The minimum Gasteiger partial charge on any atom is -0.375 e. The van der Waals surface area contributed by atoms with Gasteiger partial charge in [0.05, 0.1) is 35.7 Å². The summed E-state index contributed by atoms with van der Waals surface area (Å²) in [5.74, 6) is 0. The molecule has 3 rings (SSSR count). The van der Waals surface area contributed by atoms with Crippen molar-refractivity contribution in [2.75, 3.05) is 12.9 Å². The quantitative estimate of drug-likeness (QED) is 0.832. The first-order chi connectivity index (χ1) is 9.05. The van der Waals surface area contributed by atoms with Crippen molar-refractivity contribution in [1.82, 2.24) is 9.78 Å². The van der Waals surface area contributed by atoms with Crippen LogP contribution in [0.15, 0.2) is 35.4 Å². The van der Waals surface area contributed by atoms with E-state index in [9.17, 15) is 8.42 Å². The van der Waals surface area contributed by atoms with Crippen molar-refractivity contribution in [3.63, 3.8) is 0 Å². The van der Waals surface area contributed by atoms with Crippen molar-refractivity contribution >= 4 is 9.84 Å². The van der Waals surface area contributed by atoms with Crippen molar-refractivity contribution < 1.29 is 13.2 Å². The minimum absolute atomic E-state index is 0.297. The Morgan fingerprint density at radius 3 is 3.00 bits per heavy atom. The summed E-state index contributed by atoms with van der Waals surface area (Å²) in [6.45, 7) is 1.22. The van der Waals surface area contributed by atoms with E-state index in [0.717, 1.165) is 23.4 Å². The molecule has 0 amide bonds. The summed E-state index contributed by atoms with van der Waals surface area (Å²) in [6, 6.07) is 6.79. The second-order valence-corrected chi connectivity index (χ2v) is 6.62. The Balaban J connectivity index is 2.10. The summed E-state index contributed by atoms with van der Waals surface area (Å²) in [7, 11) is -3.21. The first-order valence-electron chi connectivity index (χ1n) is 6.00. The van der Waals surface area contributed by atoms with Crippen LogP contribution in [0.5, 0.6) is 0 Å². The van der Waals surface area contributed by atoms with Gasteiger partial charge < -0.3 is 4.74 Å². The monoisotopic (exact) mass is 278 g/mol. The van der Waals surface area contributed by atoms with Gasteiger partial charge in [-0.05, 0) is 30.2 Å². The van der Waals surface area contributed by atoms with Crippen LogP contribution >= 0.6 is 0 Å². The van der Waals surface area contributed by atoms with Crippen molar-refractivity contribution in [2.45, 2.75) is 17.9 Å². The molecule has 1 aliphatic heterocycles. The molecule has 2 heterocycles. The normalized spacial score (nSPS) is 15.2. The predicted molar refractivity (Wildman–Crippen MR) is 70.0 cm³/mol. The number of aromatic nitrogens is 2. The summed E-state index contributed by atoms with van der Waals surface area (Å²) in [6.07, 6.45) is 3.87. The summed E-state index contributed by atoms with van der Waals surface area (Å²) < 4.78 is 30.4. The van der Waals surface area contributed by atoms with Crippen LogP contribution < -0.4 is 0 Å². The van der Waals surface area contributed by atoms with Gasteiger partial charge in [0.2, 0.25) is 0 Å². The average molecular weight is 278 g/mol. The maximum absolute atomic E-state index is 11.6. The van der Waals surface area contributed by atoms with Crippen LogP contribution in [-0.2, 0) is 27.6 Å². The number of fused-ring (bicyclic) bond motifs is 1. The molecule has 0 aliphatic carbocycles. The minimum atomic E-state index is -3.21. The molecule has 0 fully saturated rings. The van der Waals surface area contributed by atoms with E-state index in [-0.39, 0.29) is 0 Å². The van der Waals surface area contributed by atoms with E-state index in [2.05, 4.69) is 5.10 Å². The second-order valence-electron chi connectivity index (χ2n) is 4.60. The number of nitrogens with zero attached hydrogens (tertiary/aromatic N) is 2. The molecule has 6 heteroatoms. The third kappa shape index (κ3) is 2.29. The fourth-order valence-corrected chi connectivity index (χ4v) is 2.85. The molecule has 19 heavy (non-hydrogen) atoms. The van der Waals surface area contributed by atoms with Gasteiger partial charge in [-0.1, -0.05) is 6.07 Å². The lowest BCUT2D eigenvalue weighted by Gasteiger charge is -2.15. The Morgan fingerprint density at radius 2 is 2.21 bits per heavy atom. The molecule has 0 unspecified atom stereocenters. The Kier molecular flexibility index (Phi) is 2.91. The Morgan fingerprint density at radius 1 is 1.37 bits per heavy atom. The molecular weight excluding hydrogens is 264 g/mol. The smallest absolute Gasteiger partial charge is 0.175 e. The zero-order valence-electron chi connectivity index (χ0n) is 10.5. The molecule has 2 aromatic rings. The van der Waals surface area contributed by atoms with Gasteiger partial charge in [-0.2, -0.15) is 5.10 Å². The highest BCUT2D eigenvalue weighted by Crippen LogP contribution is 2.21. The van der Waals surface area contributed by atoms with E-state index in [0.29, 0.717) is 18.1 Å². The third-order valence-electron chi connectivity index (χ3n) is 3.20. The molecule has 0 radical (unpaired) electrons. The maximum Gasteiger partial charge on any atom is 0.175 e. The fraction of sp³-hybridized carbons (Fsp3) is 0.308. The number of benzene rings is 1. The lowest BCUT2D eigenvalue weighted by molar-refractivity contribution is 0.106. The first-order valence-corrected chi connectivity index (χ1v) is 7.89. The van der Waals surface area contributed by atoms with Crippen LogP contribution in [0, 0.1) is 0 Å². The molecule has 0 atom stereocenters. The van der Waals surface area contributed by atoms with Gasteiger partial charge in [0.15, 0.2) is 9.84 Å². The van der Waals surface area contributed by atoms with Gasteiger partial charge in [0.25, 0.3) is 0 Å². The van der Waals surface area contributed by atoms with E-state index in [1.807, 2.05) is 12.3 Å². The highest BCUT2D eigenvalue weighted by atomic mass is 32.2. The van der Waals surface area contributed by atoms with Gasteiger partial charge in [0, 0.05) is 6.26 Å². The van der Waals surface area contributed by atoms with Gasteiger partial charge in [-0.15, -0.1) is 0 Å². The van der Waals surface area contributed by atoms with Crippen LogP contribution in [0.4, 0.5) is 0 Å². The SMILES string of the molecule is CS(=O)(=O)c1cccc(-n2ncc3c2COCC3)c1. The van der Waals surface area contributed by atoms with Crippen molar-refractivity contribution in [2.24, 2.45) is 0 Å². The highest BCUT2D eigenvalue weighted by Gasteiger charge is 2.17. The van der Waals surface area contributed by atoms with Crippen molar-refractivity contribution in [3.8, 4) is 5.69 Å². The van der Waals surface area contributed by atoms with E-state index in [4.69, 9.17) is 4.74 Å². The van der Waals surface area contributed by atoms with Crippen LogP contribution in [0.25, 0.3) is 5.69 Å². The van der Waals surface area contributed by atoms with Crippen molar-refractivity contribution in [1.29, 1.82) is 0 Å². The molecule has 100 valence electrons. The molecule has 0 saturated heterocycles. The molecule has 5 nitrogen and oxygen atoms in total. The average Bonchev–Trinajstić information content (AvgIpc) is 2.82. The number of ether oxygens (including phenoxy) is 1. The fourth-order valence-electron chi connectivity index (χ4n) is 2.19. The standard InChI is InChI=1S/C13H14N2O3S/c1-19(16,17)12-4-2-3-11(7-12)15-13-9-18-6-5-10(13)8-14-15/h2-4,7-8H,5-6,9H2,1H3. The third-order valence-corrected chi connectivity index (χ3v) is 4.31. The van der Waals surface area contributed by atoms with Gasteiger partial charge in [-0.3, -0.25) is 0 Å². The van der Waals surface area contributed by atoms with E-state index in [1.165, 1.54) is 6.26 Å².